The molecule has 142 valence electrons. The van der Waals surface area contributed by atoms with Crippen LogP contribution >= 0.6 is 0 Å². The number of aliphatic hydroxyl groups is 3. The predicted molar refractivity (Wildman–Crippen MR) is 94.9 cm³/mol. The molecule has 1 heterocycles. The molecule has 24 heavy (non-hydrogen) atoms. The molecule has 1 saturated heterocycles. The molecule has 3 N–H and O–H groups in total. The Morgan fingerprint density at radius 2 is 1.62 bits per heavy atom. The largest absolute Gasteiger partial charge is 0.394 e. The highest BCUT2D eigenvalue weighted by atomic mass is 16.6. The number of unbranched alkanes of at least 4 members (excludes halogenated alkanes) is 7. The number of aliphatic hydroxyl groups excluding tert-OH is 3. The molecule has 1 aliphatic rings. The van der Waals surface area contributed by atoms with E-state index in [9.17, 15) is 10.2 Å². The van der Waals surface area contributed by atoms with Gasteiger partial charge in [-0.25, -0.2) is 0 Å². The molecule has 0 aliphatic carbocycles. The summed E-state index contributed by atoms with van der Waals surface area (Å²) in [6.07, 6.45) is 12.0. The summed E-state index contributed by atoms with van der Waals surface area (Å²) in [6, 6.07) is 0. The van der Waals surface area contributed by atoms with Gasteiger partial charge in [0.15, 0.2) is 0 Å². The van der Waals surface area contributed by atoms with Crippen LogP contribution in [0.3, 0.4) is 0 Å². The minimum absolute atomic E-state index is 0.216. The van der Waals surface area contributed by atoms with Crippen molar-refractivity contribution in [2.75, 3.05) is 19.8 Å². The zero-order valence-electron chi connectivity index (χ0n) is 15.1. The first kappa shape index (κ1) is 21.6. The quantitative estimate of drug-likeness (QED) is 0.353. The summed E-state index contributed by atoms with van der Waals surface area (Å²) in [5.74, 6) is 0. The van der Waals surface area contributed by atoms with Crippen molar-refractivity contribution in [2.45, 2.75) is 89.1 Å². The maximum Gasteiger partial charge on any atom is 0.111 e. The Labute approximate surface area is 146 Å². The van der Waals surface area contributed by atoms with Gasteiger partial charge in [0.1, 0.15) is 24.4 Å². The van der Waals surface area contributed by atoms with E-state index in [4.69, 9.17) is 14.6 Å². The third-order valence-electron chi connectivity index (χ3n) is 4.50. The van der Waals surface area contributed by atoms with E-state index in [2.05, 4.69) is 19.1 Å². The van der Waals surface area contributed by atoms with Crippen LogP contribution in [0.4, 0.5) is 0 Å². The standard InChI is InChI=1S/C19H36O5/c1-2-3-4-5-6-7-8-9-10-11-12-13-23-17-15-24-16(14-20)18(21)19(17)22/h5-6,16-22H,2-4,7-15H2,1H3/b6-5+/t16-,17+,18-,19-/m0/s1. The Hall–Kier alpha value is -0.460. The van der Waals surface area contributed by atoms with E-state index in [0.717, 1.165) is 12.8 Å². The Kier molecular flexibility index (Phi) is 12.4. The molecule has 0 spiro atoms. The number of allylic oxidation sites excluding steroid dienone is 2. The number of ether oxygens (including phenoxy) is 2. The average Bonchev–Trinajstić information content (AvgIpc) is 2.59. The van der Waals surface area contributed by atoms with Crippen LogP contribution < -0.4 is 0 Å². The summed E-state index contributed by atoms with van der Waals surface area (Å²) in [6.45, 7) is 2.71. The van der Waals surface area contributed by atoms with Crippen molar-refractivity contribution in [3.8, 4) is 0 Å². The van der Waals surface area contributed by atoms with Crippen molar-refractivity contribution < 1.29 is 24.8 Å². The lowest BCUT2D eigenvalue weighted by atomic mass is 10.0. The van der Waals surface area contributed by atoms with Crippen molar-refractivity contribution in [1.82, 2.24) is 0 Å². The van der Waals surface area contributed by atoms with Gasteiger partial charge in [-0.15, -0.1) is 0 Å². The minimum Gasteiger partial charge on any atom is -0.394 e. The number of rotatable bonds is 13. The van der Waals surface area contributed by atoms with Crippen molar-refractivity contribution in [1.29, 1.82) is 0 Å². The van der Waals surface area contributed by atoms with Gasteiger partial charge in [0.25, 0.3) is 0 Å². The third kappa shape index (κ3) is 8.58. The summed E-state index contributed by atoms with van der Waals surface area (Å²) < 4.78 is 10.9. The van der Waals surface area contributed by atoms with Gasteiger partial charge in [0.2, 0.25) is 0 Å². The topological polar surface area (TPSA) is 79.2 Å². The van der Waals surface area contributed by atoms with Gasteiger partial charge < -0.3 is 24.8 Å². The zero-order valence-corrected chi connectivity index (χ0v) is 15.1. The van der Waals surface area contributed by atoms with Crippen LogP contribution in [0.2, 0.25) is 0 Å². The Bertz CT molecular complexity index is 321. The zero-order chi connectivity index (χ0) is 17.6. The maximum absolute atomic E-state index is 9.94. The van der Waals surface area contributed by atoms with E-state index < -0.39 is 24.4 Å². The fourth-order valence-electron chi connectivity index (χ4n) is 2.85. The van der Waals surface area contributed by atoms with E-state index in [-0.39, 0.29) is 13.2 Å². The van der Waals surface area contributed by atoms with Crippen molar-refractivity contribution >= 4 is 0 Å². The van der Waals surface area contributed by atoms with E-state index in [1.807, 2.05) is 0 Å². The van der Waals surface area contributed by atoms with Gasteiger partial charge in [-0.3, -0.25) is 0 Å². The molecule has 4 atom stereocenters. The minimum atomic E-state index is -1.08. The molecule has 5 heteroatoms. The molecular weight excluding hydrogens is 308 g/mol. The normalized spacial score (nSPS) is 27.8. The average molecular weight is 344 g/mol. The van der Waals surface area contributed by atoms with Crippen LogP contribution in [-0.4, -0.2) is 59.6 Å². The fourth-order valence-corrected chi connectivity index (χ4v) is 2.85. The monoisotopic (exact) mass is 344 g/mol. The second kappa shape index (κ2) is 13.8. The van der Waals surface area contributed by atoms with Gasteiger partial charge in [-0.2, -0.15) is 0 Å². The highest BCUT2D eigenvalue weighted by molar-refractivity contribution is 4.87. The van der Waals surface area contributed by atoms with Gasteiger partial charge >= 0.3 is 0 Å². The first-order valence-electron chi connectivity index (χ1n) is 9.55. The second-order valence-electron chi connectivity index (χ2n) is 6.61. The second-order valence-corrected chi connectivity index (χ2v) is 6.61. The van der Waals surface area contributed by atoms with E-state index >= 15 is 0 Å². The lowest BCUT2D eigenvalue weighted by Gasteiger charge is -2.36. The van der Waals surface area contributed by atoms with Crippen LogP contribution in [-0.2, 0) is 9.47 Å². The summed E-state index contributed by atoms with van der Waals surface area (Å²) in [5, 5.41) is 28.7. The van der Waals surface area contributed by atoms with Gasteiger partial charge in [-0.1, -0.05) is 51.2 Å². The molecule has 0 unspecified atom stereocenters. The summed E-state index contributed by atoms with van der Waals surface area (Å²) in [7, 11) is 0. The lowest BCUT2D eigenvalue weighted by Crippen LogP contribution is -2.55. The van der Waals surface area contributed by atoms with E-state index in [1.54, 1.807) is 0 Å². The lowest BCUT2D eigenvalue weighted by molar-refractivity contribution is -0.208. The number of hydrogen-bond donors (Lipinski definition) is 3. The fraction of sp³-hybridized carbons (Fsp3) is 0.895. The molecule has 0 radical (unpaired) electrons. The Balaban J connectivity index is 1.94. The predicted octanol–water partition coefficient (Wildman–Crippen LogP) is 2.57. The molecule has 1 fully saturated rings. The molecular formula is C19H36O5. The van der Waals surface area contributed by atoms with Crippen molar-refractivity contribution in [3.63, 3.8) is 0 Å². The first-order valence-corrected chi connectivity index (χ1v) is 9.55. The molecule has 0 amide bonds. The molecule has 0 aromatic heterocycles. The summed E-state index contributed by atoms with van der Waals surface area (Å²) >= 11 is 0. The molecule has 1 rings (SSSR count). The summed E-state index contributed by atoms with van der Waals surface area (Å²) in [5.41, 5.74) is 0. The highest BCUT2D eigenvalue weighted by Crippen LogP contribution is 2.18. The molecule has 0 aromatic rings. The van der Waals surface area contributed by atoms with Crippen LogP contribution in [0.15, 0.2) is 12.2 Å². The Morgan fingerprint density at radius 1 is 0.958 bits per heavy atom. The van der Waals surface area contributed by atoms with Crippen LogP contribution in [0.25, 0.3) is 0 Å². The molecule has 0 bridgehead atoms. The molecule has 5 nitrogen and oxygen atoms in total. The van der Waals surface area contributed by atoms with E-state index in [1.165, 1.54) is 44.9 Å². The third-order valence-corrected chi connectivity index (χ3v) is 4.50. The molecule has 0 saturated carbocycles. The maximum atomic E-state index is 9.94. The summed E-state index contributed by atoms with van der Waals surface area (Å²) in [4.78, 5) is 0. The van der Waals surface area contributed by atoms with Crippen LogP contribution in [0, 0.1) is 0 Å². The molecule has 1 aliphatic heterocycles. The smallest absolute Gasteiger partial charge is 0.111 e. The molecule has 0 aromatic carbocycles. The number of hydrogen-bond acceptors (Lipinski definition) is 5. The van der Waals surface area contributed by atoms with Crippen LogP contribution in [0.5, 0.6) is 0 Å². The van der Waals surface area contributed by atoms with Crippen molar-refractivity contribution in [3.05, 3.63) is 12.2 Å². The van der Waals surface area contributed by atoms with Crippen LogP contribution in [0.1, 0.15) is 64.7 Å². The Morgan fingerprint density at radius 3 is 2.33 bits per heavy atom. The van der Waals surface area contributed by atoms with Crippen molar-refractivity contribution in [2.24, 2.45) is 0 Å². The van der Waals surface area contributed by atoms with E-state index in [0.29, 0.717) is 6.61 Å². The highest BCUT2D eigenvalue weighted by Gasteiger charge is 2.38. The SMILES string of the molecule is CCCC/C=C/CCCCCCCO[C@@H]1CO[C@@H](CO)[C@H](O)[C@H]1O. The van der Waals surface area contributed by atoms with Gasteiger partial charge in [-0.05, 0) is 25.7 Å². The van der Waals surface area contributed by atoms with Gasteiger partial charge in [0.05, 0.1) is 13.2 Å². The first-order chi connectivity index (χ1) is 11.7. The van der Waals surface area contributed by atoms with Gasteiger partial charge in [0, 0.05) is 6.61 Å².